The van der Waals surface area contributed by atoms with Gasteiger partial charge < -0.3 is 10.1 Å². The third-order valence-electron chi connectivity index (χ3n) is 2.41. The van der Waals surface area contributed by atoms with E-state index in [2.05, 4.69) is 17.2 Å². The molecule has 0 radical (unpaired) electrons. The van der Waals surface area contributed by atoms with E-state index in [-0.39, 0.29) is 0 Å². The van der Waals surface area contributed by atoms with Gasteiger partial charge in [-0.3, -0.25) is 4.98 Å². The second-order valence-corrected chi connectivity index (χ2v) is 3.99. The number of ether oxygens (including phenoxy) is 1. The van der Waals surface area contributed by atoms with E-state index >= 15 is 0 Å². The van der Waals surface area contributed by atoms with Crippen LogP contribution in [0.15, 0.2) is 18.3 Å². The van der Waals surface area contributed by atoms with Gasteiger partial charge in [0.25, 0.3) is 0 Å². The van der Waals surface area contributed by atoms with Crippen molar-refractivity contribution in [1.29, 1.82) is 0 Å². The summed E-state index contributed by atoms with van der Waals surface area (Å²) in [4.78, 5) is 4.30. The van der Waals surface area contributed by atoms with Gasteiger partial charge in [-0.25, -0.2) is 0 Å². The first-order chi connectivity index (χ1) is 7.38. The average molecular weight is 206 g/mol. The summed E-state index contributed by atoms with van der Waals surface area (Å²) < 4.78 is 5.55. The molecule has 1 aromatic heterocycles. The monoisotopic (exact) mass is 206 g/mol. The van der Waals surface area contributed by atoms with Gasteiger partial charge in [0.05, 0.1) is 12.3 Å². The van der Waals surface area contributed by atoms with Gasteiger partial charge in [0.2, 0.25) is 0 Å². The minimum atomic E-state index is 0.729. The number of nitrogens with one attached hydrogen (secondary N) is 1. The maximum atomic E-state index is 5.55. The van der Waals surface area contributed by atoms with Crippen LogP contribution in [0.2, 0.25) is 0 Å². The SMILES string of the molecule is CCCOc1ccnc(CNC2CC2)c1. The molecule has 1 aromatic rings. The van der Waals surface area contributed by atoms with Crippen molar-refractivity contribution in [3.8, 4) is 5.75 Å². The van der Waals surface area contributed by atoms with Crippen LogP contribution in [-0.2, 0) is 6.54 Å². The molecule has 3 nitrogen and oxygen atoms in total. The van der Waals surface area contributed by atoms with Crippen LogP contribution in [0.1, 0.15) is 31.9 Å². The van der Waals surface area contributed by atoms with Crippen molar-refractivity contribution in [3.05, 3.63) is 24.0 Å². The fourth-order valence-corrected chi connectivity index (χ4v) is 1.40. The fourth-order valence-electron chi connectivity index (χ4n) is 1.40. The van der Waals surface area contributed by atoms with Crippen LogP contribution < -0.4 is 10.1 Å². The third kappa shape index (κ3) is 3.51. The summed E-state index contributed by atoms with van der Waals surface area (Å²) >= 11 is 0. The van der Waals surface area contributed by atoms with Crippen molar-refractivity contribution in [2.75, 3.05) is 6.61 Å². The molecule has 0 aromatic carbocycles. The van der Waals surface area contributed by atoms with Crippen molar-refractivity contribution in [2.45, 2.75) is 38.8 Å². The molecule has 82 valence electrons. The summed E-state index contributed by atoms with van der Waals surface area (Å²) in [5, 5.41) is 3.44. The van der Waals surface area contributed by atoms with Crippen LogP contribution >= 0.6 is 0 Å². The smallest absolute Gasteiger partial charge is 0.122 e. The van der Waals surface area contributed by atoms with Crippen LogP contribution in [0.25, 0.3) is 0 Å². The van der Waals surface area contributed by atoms with Gasteiger partial charge >= 0.3 is 0 Å². The maximum absolute atomic E-state index is 5.55. The van der Waals surface area contributed by atoms with Crippen LogP contribution in [0.3, 0.4) is 0 Å². The topological polar surface area (TPSA) is 34.1 Å². The Morgan fingerprint density at radius 1 is 1.53 bits per heavy atom. The van der Waals surface area contributed by atoms with E-state index in [1.54, 1.807) is 0 Å². The first-order valence-corrected chi connectivity index (χ1v) is 5.69. The van der Waals surface area contributed by atoms with E-state index in [0.717, 1.165) is 37.1 Å². The van der Waals surface area contributed by atoms with Gasteiger partial charge in [0.15, 0.2) is 0 Å². The molecule has 0 amide bonds. The number of rotatable bonds is 6. The lowest BCUT2D eigenvalue weighted by molar-refractivity contribution is 0.316. The molecule has 1 saturated carbocycles. The second-order valence-electron chi connectivity index (χ2n) is 3.99. The summed E-state index contributed by atoms with van der Waals surface area (Å²) in [6.07, 6.45) is 5.48. The second kappa shape index (κ2) is 5.12. The van der Waals surface area contributed by atoms with E-state index in [4.69, 9.17) is 4.74 Å². The van der Waals surface area contributed by atoms with Crippen molar-refractivity contribution in [2.24, 2.45) is 0 Å². The van der Waals surface area contributed by atoms with Crippen LogP contribution in [0.5, 0.6) is 5.75 Å². The zero-order chi connectivity index (χ0) is 10.5. The van der Waals surface area contributed by atoms with Crippen molar-refractivity contribution < 1.29 is 4.74 Å². The molecule has 1 heterocycles. The summed E-state index contributed by atoms with van der Waals surface area (Å²) in [7, 11) is 0. The molecule has 1 aliphatic carbocycles. The molecule has 0 atom stereocenters. The quantitative estimate of drug-likeness (QED) is 0.774. The van der Waals surface area contributed by atoms with E-state index in [1.165, 1.54) is 12.8 Å². The van der Waals surface area contributed by atoms with Gasteiger partial charge in [-0.15, -0.1) is 0 Å². The summed E-state index contributed by atoms with van der Waals surface area (Å²) in [6, 6.07) is 4.66. The van der Waals surface area contributed by atoms with Gasteiger partial charge in [0.1, 0.15) is 5.75 Å². The normalized spacial score (nSPS) is 15.3. The number of nitrogens with zero attached hydrogens (tertiary/aromatic N) is 1. The predicted octanol–water partition coefficient (Wildman–Crippen LogP) is 2.12. The van der Waals surface area contributed by atoms with Gasteiger partial charge in [-0.1, -0.05) is 6.92 Å². The van der Waals surface area contributed by atoms with E-state index in [9.17, 15) is 0 Å². The molecular weight excluding hydrogens is 188 g/mol. The molecule has 0 spiro atoms. The molecule has 15 heavy (non-hydrogen) atoms. The Balaban J connectivity index is 1.85. The molecule has 2 rings (SSSR count). The van der Waals surface area contributed by atoms with Crippen molar-refractivity contribution >= 4 is 0 Å². The molecule has 1 fully saturated rings. The summed E-state index contributed by atoms with van der Waals surface area (Å²) in [5.41, 5.74) is 1.07. The van der Waals surface area contributed by atoms with E-state index < -0.39 is 0 Å². The average Bonchev–Trinajstić information content (AvgIpc) is 3.08. The third-order valence-corrected chi connectivity index (χ3v) is 2.41. The van der Waals surface area contributed by atoms with Crippen molar-refractivity contribution in [1.82, 2.24) is 10.3 Å². The minimum absolute atomic E-state index is 0.729. The number of pyridine rings is 1. The number of hydrogen-bond donors (Lipinski definition) is 1. The Morgan fingerprint density at radius 2 is 2.40 bits per heavy atom. The highest BCUT2D eigenvalue weighted by molar-refractivity contribution is 5.22. The molecule has 0 unspecified atom stereocenters. The number of hydrogen-bond acceptors (Lipinski definition) is 3. The first kappa shape index (κ1) is 10.4. The van der Waals surface area contributed by atoms with Gasteiger partial charge in [-0.2, -0.15) is 0 Å². The van der Waals surface area contributed by atoms with Crippen LogP contribution in [0.4, 0.5) is 0 Å². The number of aromatic nitrogens is 1. The molecule has 3 heteroatoms. The van der Waals surface area contributed by atoms with Crippen LogP contribution in [-0.4, -0.2) is 17.6 Å². The molecule has 0 aliphatic heterocycles. The first-order valence-electron chi connectivity index (χ1n) is 5.69. The van der Waals surface area contributed by atoms with Crippen molar-refractivity contribution in [3.63, 3.8) is 0 Å². The minimum Gasteiger partial charge on any atom is -0.493 e. The molecule has 0 bridgehead atoms. The zero-order valence-electron chi connectivity index (χ0n) is 9.20. The lowest BCUT2D eigenvalue weighted by Crippen LogP contribution is -2.16. The molecule has 0 saturated heterocycles. The van der Waals surface area contributed by atoms with E-state index in [1.807, 2.05) is 18.3 Å². The van der Waals surface area contributed by atoms with Crippen LogP contribution in [0, 0.1) is 0 Å². The Bertz CT molecular complexity index is 310. The Hall–Kier alpha value is -1.09. The van der Waals surface area contributed by atoms with Gasteiger partial charge in [-0.05, 0) is 25.3 Å². The highest BCUT2D eigenvalue weighted by atomic mass is 16.5. The van der Waals surface area contributed by atoms with Gasteiger partial charge in [0, 0.05) is 24.8 Å². The Kier molecular flexibility index (Phi) is 3.56. The maximum Gasteiger partial charge on any atom is 0.122 e. The highest BCUT2D eigenvalue weighted by Gasteiger charge is 2.20. The zero-order valence-corrected chi connectivity index (χ0v) is 9.20. The fraction of sp³-hybridized carbons (Fsp3) is 0.583. The largest absolute Gasteiger partial charge is 0.493 e. The lowest BCUT2D eigenvalue weighted by atomic mass is 10.3. The standard InChI is InChI=1S/C12H18N2O/c1-2-7-15-12-5-6-13-11(8-12)9-14-10-3-4-10/h5-6,8,10,14H,2-4,7,9H2,1H3. The molecule has 1 N–H and O–H groups in total. The van der Waals surface area contributed by atoms with E-state index in [0.29, 0.717) is 0 Å². The Morgan fingerprint density at radius 3 is 3.13 bits per heavy atom. The molecule has 1 aliphatic rings. The summed E-state index contributed by atoms with van der Waals surface area (Å²) in [6.45, 7) is 3.74. The summed E-state index contributed by atoms with van der Waals surface area (Å²) in [5.74, 6) is 0.930. The lowest BCUT2D eigenvalue weighted by Gasteiger charge is -2.06. The Labute approximate surface area is 90.9 Å². The molecular formula is C12H18N2O. The highest BCUT2D eigenvalue weighted by Crippen LogP contribution is 2.19. The predicted molar refractivity (Wildman–Crippen MR) is 59.9 cm³/mol.